The molecule has 12 atom stereocenters. The maximum atomic E-state index is 13.3. The molecule has 2 aliphatic carbocycles. The molecule has 2 fully saturated rings. The highest BCUT2D eigenvalue weighted by atomic mass is 35.5. The van der Waals surface area contributed by atoms with Crippen molar-refractivity contribution in [3.8, 4) is 0 Å². The molecule has 1 saturated heterocycles. The molecule has 1 saturated carbocycles. The second-order valence-electron chi connectivity index (χ2n) is 12.5. The van der Waals surface area contributed by atoms with E-state index in [-0.39, 0.29) is 24.0 Å². The molecule has 3 heterocycles. The van der Waals surface area contributed by atoms with Gasteiger partial charge < -0.3 is 34.1 Å². The zero-order valence-electron chi connectivity index (χ0n) is 24.0. The Labute approximate surface area is 239 Å². The summed E-state index contributed by atoms with van der Waals surface area (Å²) in [7, 11) is 1.46. The summed E-state index contributed by atoms with van der Waals surface area (Å²) < 4.78 is 24.6. The summed E-state index contributed by atoms with van der Waals surface area (Å²) in [5.41, 5.74) is -1.82. The summed E-state index contributed by atoms with van der Waals surface area (Å²) in [5.74, 6) is -2.71. The van der Waals surface area contributed by atoms with Crippen molar-refractivity contribution < 1.29 is 38.7 Å². The first-order chi connectivity index (χ1) is 18.7. The van der Waals surface area contributed by atoms with Crippen LogP contribution in [0.3, 0.4) is 0 Å². The summed E-state index contributed by atoms with van der Waals surface area (Å²) in [6.07, 6.45) is 2.23. The first-order valence-electron chi connectivity index (χ1n) is 13.9. The molecule has 0 aromatic carbocycles. The van der Waals surface area contributed by atoms with Crippen molar-refractivity contribution in [2.75, 3.05) is 7.11 Å². The largest absolute Gasteiger partial charge is 0.455 e. The molecule has 3 N–H and O–H groups in total. The van der Waals surface area contributed by atoms with Crippen LogP contribution in [0.25, 0.3) is 0 Å². The molecule has 0 unspecified atom stereocenters. The van der Waals surface area contributed by atoms with Crippen LogP contribution in [-0.2, 0) is 23.7 Å². The number of aliphatic hydroxyl groups excluding tert-OH is 2. The van der Waals surface area contributed by atoms with Crippen LogP contribution >= 0.6 is 11.6 Å². The lowest BCUT2D eigenvalue weighted by molar-refractivity contribution is -0.189. The van der Waals surface area contributed by atoms with E-state index in [2.05, 4.69) is 4.98 Å². The molecule has 1 aromatic heterocycles. The monoisotopic (exact) mass is 577 g/mol. The Morgan fingerprint density at radius 3 is 2.58 bits per heavy atom. The highest BCUT2D eigenvalue weighted by Crippen LogP contribution is 2.66. The van der Waals surface area contributed by atoms with Crippen LogP contribution in [-0.4, -0.2) is 76.0 Å². The number of hydrogen-bond acceptors (Lipinski definition) is 8. The third-order valence-corrected chi connectivity index (χ3v) is 10.5. The molecule has 0 radical (unpaired) electrons. The number of hydrogen-bond donors (Lipinski definition) is 3. The van der Waals surface area contributed by atoms with E-state index < -0.39 is 70.9 Å². The number of H-pyrrole nitrogens is 1. The molecular formula is C30H40ClNO8. The summed E-state index contributed by atoms with van der Waals surface area (Å²) in [6.45, 7) is 11.1. The van der Waals surface area contributed by atoms with Gasteiger partial charge in [-0.1, -0.05) is 50.6 Å². The topological polar surface area (TPSA) is 127 Å². The first-order valence-corrected chi connectivity index (χ1v) is 14.3. The molecule has 10 heteroatoms. The third kappa shape index (κ3) is 4.11. The fourth-order valence-electron chi connectivity index (χ4n) is 7.61. The number of aliphatic hydroxyl groups is 2. The molecule has 1 spiro atoms. The van der Waals surface area contributed by atoms with Crippen LogP contribution in [0, 0.1) is 29.1 Å². The van der Waals surface area contributed by atoms with Gasteiger partial charge in [-0.2, -0.15) is 0 Å². The van der Waals surface area contributed by atoms with Gasteiger partial charge in [0.2, 0.25) is 0 Å². The number of aromatic nitrogens is 1. The second-order valence-corrected chi connectivity index (χ2v) is 12.9. The molecule has 9 nitrogen and oxygen atoms in total. The van der Waals surface area contributed by atoms with Gasteiger partial charge in [0.05, 0.1) is 12.2 Å². The van der Waals surface area contributed by atoms with Gasteiger partial charge in [0.25, 0.3) is 0 Å². The van der Waals surface area contributed by atoms with Gasteiger partial charge in [-0.3, -0.25) is 0 Å². The van der Waals surface area contributed by atoms with Crippen molar-refractivity contribution in [3.05, 3.63) is 46.8 Å². The van der Waals surface area contributed by atoms with Gasteiger partial charge in [-0.25, -0.2) is 9.59 Å². The van der Waals surface area contributed by atoms with Crippen LogP contribution in [0.1, 0.15) is 58.5 Å². The maximum Gasteiger partial charge on any atom is 0.355 e. The standard InChI is InChI=1S/C30H40ClNO8/c1-14-12-15(2)30-18(13-20(37-7)27(36)40-29(14,6)17(4)33)10-11-28(5)24(30)22(34)16(3)23(25(28)39-30)38-26(35)19-8-9-21(31)32-19/h8-12,14,16-18,20,22-25,32-34H,13H2,1-7H3/b15-12+/t14-,16-,17-,18-,20+,22-,23-,24-,25+,28-,29+,30+/m1/s1. The molecule has 0 amide bonds. The SMILES string of the molecule is CO[C@H]1C[C@H]2C=C[C@]3(C)[C@H]4[C@H](O)[C@@H](C)[C@@H](OC(=O)c5ccc(Cl)[nH]5)[C@@H]3O[C@@]24/C(C)=C/[C@@H](C)[C@@](C)([C@@H](C)O)OC1=O. The van der Waals surface area contributed by atoms with Crippen molar-refractivity contribution in [2.24, 2.45) is 29.1 Å². The van der Waals surface area contributed by atoms with Gasteiger partial charge >= 0.3 is 11.9 Å². The Morgan fingerprint density at radius 1 is 1.27 bits per heavy atom. The van der Waals surface area contributed by atoms with Gasteiger partial charge in [-0.05, 0) is 44.9 Å². The van der Waals surface area contributed by atoms with Crippen molar-refractivity contribution in [3.63, 3.8) is 0 Å². The van der Waals surface area contributed by atoms with E-state index in [0.717, 1.165) is 5.57 Å². The summed E-state index contributed by atoms with van der Waals surface area (Å²) in [4.78, 5) is 29.2. The molecule has 1 aromatic rings. The van der Waals surface area contributed by atoms with E-state index in [1.165, 1.54) is 7.11 Å². The number of nitrogens with one attached hydrogen (secondary N) is 1. The molecule has 5 rings (SSSR count). The normalized spacial score (nSPS) is 46.5. The quantitative estimate of drug-likeness (QED) is 0.364. The van der Waals surface area contributed by atoms with E-state index >= 15 is 0 Å². The highest BCUT2D eigenvalue weighted by Gasteiger charge is 2.73. The Hall–Kier alpha value is -2.17. The third-order valence-electron chi connectivity index (χ3n) is 10.3. The van der Waals surface area contributed by atoms with Crippen molar-refractivity contribution in [1.82, 2.24) is 4.98 Å². The van der Waals surface area contributed by atoms with Crippen LogP contribution in [0.5, 0.6) is 0 Å². The molecule has 4 aliphatic rings. The minimum atomic E-state index is -1.22. The number of rotatable bonds is 4. The fourth-order valence-corrected chi connectivity index (χ4v) is 7.77. The summed E-state index contributed by atoms with van der Waals surface area (Å²) in [5, 5.41) is 23.0. The van der Waals surface area contributed by atoms with Crippen LogP contribution in [0.2, 0.25) is 5.15 Å². The lowest BCUT2D eigenvalue weighted by atomic mass is 9.51. The molecule has 40 heavy (non-hydrogen) atoms. The number of aromatic amines is 1. The number of cyclic esters (lactones) is 1. The van der Waals surface area contributed by atoms with E-state index in [0.29, 0.717) is 5.15 Å². The van der Waals surface area contributed by atoms with Gasteiger partial charge in [-0.15, -0.1) is 0 Å². The van der Waals surface area contributed by atoms with E-state index in [4.69, 9.17) is 30.5 Å². The molecular weight excluding hydrogens is 538 g/mol. The Kier molecular flexibility index (Phi) is 7.32. The van der Waals surface area contributed by atoms with E-state index in [1.807, 2.05) is 45.9 Å². The van der Waals surface area contributed by atoms with Crippen molar-refractivity contribution >= 4 is 23.5 Å². The smallest absolute Gasteiger partial charge is 0.355 e. The lowest BCUT2D eigenvalue weighted by Gasteiger charge is -2.53. The average molecular weight is 578 g/mol. The van der Waals surface area contributed by atoms with Gasteiger partial charge in [0.15, 0.2) is 6.10 Å². The van der Waals surface area contributed by atoms with Crippen LogP contribution < -0.4 is 0 Å². The number of carbonyl (C=O) groups excluding carboxylic acids is 2. The minimum absolute atomic E-state index is 0.217. The molecule has 2 aliphatic heterocycles. The predicted octanol–water partition coefficient (Wildman–Crippen LogP) is 3.83. The minimum Gasteiger partial charge on any atom is -0.455 e. The zero-order valence-corrected chi connectivity index (χ0v) is 24.8. The average Bonchev–Trinajstić information content (AvgIpc) is 3.38. The fraction of sp³-hybridized carbons (Fsp3) is 0.667. The van der Waals surface area contributed by atoms with Crippen LogP contribution in [0.4, 0.5) is 0 Å². The Balaban J connectivity index is 1.63. The van der Waals surface area contributed by atoms with Crippen molar-refractivity contribution in [1.29, 1.82) is 0 Å². The summed E-state index contributed by atoms with van der Waals surface area (Å²) >= 11 is 5.99. The zero-order chi connectivity index (χ0) is 29.4. The second kappa shape index (κ2) is 9.98. The number of ether oxygens (including phenoxy) is 4. The predicted molar refractivity (Wildman–Crippen MR) is 147 cm³/mol. The van der Waals surface area contributed by atoms with Crippen LogP contribution in [0.15, 0.2) is 35.9 Å². The summed E-state index contributed by atoms with van der Waals surface area (Å²) in [6, 6.07) is 3.13. The van der Waals surface area contributed by atoms with Gasteiger partial charge in [0, 0.05) is 36.2 Å². The van der Waals surface area contributed by atoms with E-state index in [9.17, 15) is 19.8 Å². The van der Waals surface area contributed by atoms with E-state index in [1.54, 1.807) is 26.0 Å². The highest BCUT2D eigenvalue weighted by molar-refractivity contribution is 6.29. The maximum absolute atomic E-state index is 13.3. The molecule has 4 bridgehead atoms. The van der Waals surface area contributed by atoms with Gasteiger partial charge in [0.1, 0.15) is 34.3 Å². The Bertz CT molecular complexity index is 1240. The Morgan fingerprint density at radius 2 is 1.98 bits per heavy atom. The first kappa shape index (κ1) is 29.3. The number of methoxy groups -OCH3 is 1. The van der Waals surface area contributed by atoms with Crippen molar-refractivity contribution in [2.45, 2.75) is 89.7 Å². The number of halogens is 1. The number of esters is 2. The number of carbonyl (C=O) groups is 2. The lowest BCUT2D eigenvalue weighted by Crippen LogP contribution is -2.61. The molecule has 220 valence electrons.